The van der Waals surface area contributed by atoms with Gasteiger partial charge in [0.15, 0.2) is 5.75 Å². The average molecular weight is 192 g/mol. The van der Waals surface area contributed by atoms with Crippen molar-refractivity contribution in [2.24, 2.45) is 0 Å². The first-order valence-corrected chi connectivity index (χ1v) is 3.72. The maximum Gasteiger partial charge on any atom is 0.153 e. The van der Waals surface area contributed by atoms with Crippen LogP contribution in [-0.2, 0) is 0 Å². The Bertz CT molecular complexity index is 273. The Morgan fingerprint density at radius 2 is 2.00 bits per heavy atom. The number of hydrogen-bond acceptors (Lipinski definition) is 2. The Morgan fingerprint density at radius 3 is 2.55 bits per heavy atom. The van der Waals surface area contributed by atoms with Crippen molar-refractivity contribution < 1.29 is 5.11 Å². The summed E-state index contributed by atoms with van der Waals surface area (Å²) in [7, 11) is 0. The van der Waals surface area contributed by atoms with E-state index in [1.54, 1.807) is 6.92 Å². The molecule has 0 bridgehead atoms. The highest BCUT2D eigenvalue weighted by Gasteiger charge is 2.09. The van der Waals surface area contributed by atoms with Crippen LogP contribution < -0.4 is 5.73 Å². The van der Waals surface area contributed by atoms with Crippen LogP contribution in [0, 0.1) is 6.92 Å². The molecule has 0 aromatic heterocycles. The lowest BCUT2D eigenvalue weighted by Gasteiger charge is -2.05. The fourth-order valence-electron chi connectivity index (χ4n) is 0.722. The summed E-state index contributed by atoms with van der Waals surface area (Å²) in [6.45, 7) is 1.72. The van der Waals surface area contributed by atoms with E-state index in [0.29, 0.717) is 11.3 Å². The molecule has 0 fully saturated rings. The zero-order valence-electron chi connectivity index (χ0n) is 5.86. The van der Waals surface area contributed by atoms with Crippen LogP contribution in [0.3, 0.4) is 0 Å². The summed E-state index contributed by atoms with van der Waals surface area (Å²) in [5.41, 5.74) is 6.64. The number of phenols is 1. The summed E-state index contributed by atoms with van der Waals surface area (Å²) in [6.07, 6.45) is 0. The number of nitrogens with two attached hydrogens (primary N) is 1. The molecule has 0 amide bonds. The second-order valence-electron chi connectivity index (χ2n) is 2.24. The molecule has 2 nitrogen and oxygen atoms in total. The normalized spacial score (nSPS) is 10.1. The summed E-state index contributed by atoms with van der Waals surface area (Å²) in [5.74, 6) is -0.111. The van der Waals surface area contributed by atoms with Crippen LogP contribution >= 0.6 is 23.2 Å². The Morgan fingerprint density at radius 1 is 1.45 bits per heavy atom. The lowest BCUT2D eigenvalue weighted by Crippen LogP contribution is -1.90. The number of aromatic hydroxyl groups is 1. The first-order chi connectivity index (χ1) is 5.04. The summed E-state index contributed by atoms with van der Waals surface area (Å²) in [5, 5.41) is 9.59. The van der Waals surface area contributed by atoms with Gasteiger partial charge < -0.3 is 10.8 Å². The van der Waals surface area contributed by atoms with Crippen molar-refractivity contribution in [1.82, 2.24) is 0 Å². The molecule has 1 rings (SSSR count). The van der Waals surface area contributed by atoms with Gasteiger partial charge in [-0.1, -0.05) is 23.2 Å². The third-order valence-electron chi connectivity index (χ3n) is 1.48. The van der Waals surface area contributed by atoms with Crippen molar-refractivity contribution in [1.29, 1.82) is 0 Å². The molecule has 1 aromatic carbocycles. The van der Waals surface area contributed by atoms with Gasteiger partial charge in [0.25, 0.3) is 0 Å². The van der Waals surface area contributed by atoms with Crippen molar-refractivity contribution in [2.45, 2.75) is 6.92 Å². The van der Waals surface area contributed by atoms with Gasteiger partial charge in [0, 0.05) is 5.69 Å². The largest absolute Gasteiger partial charge is 0.505 e. The zero-order chi connectivity index (χ0) is 8.59. The molecular formula is C7H7Cl2NO. The maximum absolute atomic E-state index is 9.19. The smallest absolute Gasteiger partial charge is 0.153 e. The molecule has 0 radical (unpaired) electrons. The quantitative estimate of drug-likeness (QED) is 0.490. The van der Waals surface area contributed by atoms with E-state index in [4.69, 9.17) is 28.9 Å². The molecule has 0 unspecified atom stereocenters. The van der Waals surface area contributed by atoms with Gasteiger partial charge in [0.05, 0.1) is 10.0 Å². The van der Waals surface area contributed by atoms with Crippen LogP contribution in [0.4, 0.5) is 5.69 Å². The molecule has 0 heterocycles. The van der Waals surface area contributed by atoms with E-state index in [1.165, 1.54) is 6.07 Å². The SMILES string of the molecule is Cc1c(N)cc(Cl)c(O)c1Cl. The van der Waals surface area contributed by atoms with E-state index in [0.717, 1.165) is 0 Å². The number of nitrogen functional groups attached to an aromatic ring is 1. The molecule has 0 saturated carbocycles. The number of benzene rings is 1. The monoisotopic (exact) mass is 191 g/mol. The van der Waals surface area contributed by atoms with Crippen molar-refractivity contribution in [3.05, 3.63) is 21.7 Å². The highest BCUT2D eigenvalue weighted by molar-refractivity contribution is 6.38. The fraction of sp³-hybridized carbons (Fsp3) is 0.143. The van der Waals surface area contributed by atoms with Gasteiger partial charge in [-0.2, -0.15) is 0 Å². The minimum atomic E-state index is -0.111. The molecule has 0 aliphatic carbocycles. The van der Waals surface area contributed by atoms with Crippen LogP contribution in [0.15, 0.2) is 6.07 Å². The Hall–Kier alpha value is -0.600. The third-order valence-corrected chi connectivity index (χ3v) is 2.23. The number of phenolic OH excluding ortho intramolecular Hbond substituents is 1. The molecule has 0 aliphatic rings. The van der Waals surface area contributed by atoms with Crippen molar-refractivity contribution in [2.75, 3.05) is 5.73 Å². The first kappa shape index (κ1) is 8.50. The highest BCUT2D eigenvalue weighted by atomic mass is 35.5. The molecule has 0 atom stereocenters. The Labute approximate surface area is 74.5 Å². The van der Waals surface area contributed by atoms with E-state index in [2.05, 4.69) is 0 Å². The van der Waals surface area contributed by atoms with Gasteiger partial charge in [0.2, 0.25) is 0 Å². The van der Waals surface area contributed by atoms with Crippen LogP contribution in [-0.4, -0.2) is 5.11 Å². The van der Waals surface area contributed by atoms with E-state index in [9.17, 15) is 5.11 Å². The van der Waals surface area contributed by atoms with Crippen LogP contribution in [0.2, 0.25) is 10.0 Å². The number of halogens is 2. The van der Waals surface area contributed by atoms with Crippen LogP contribution in [0.1, 0.15) is 5.56 Å². The topological polar surface area (TPSA) is 46.2 Å². The minimum absolute atomic E-state index is 0.111. The van der Waals surface area contributed by atoms with Gasteiger partial charge in [-0.15, -0.1) is 0 Å². The van der Waals surface area contributed by atoms with Crippen LogP contribution in [0.5, 0.6) is 5.75 Å². The average Bonchev–Trinajstić information content (AvgIpc) is 1.97. The molecule has 0 aliphatic heterocycles. The molecular weight excluding hydrogens is 185 g/mol. The lowest BCUT2D eigenvalue weighted by molar-refractivity contribution is 0.475. The van der Waals surface area contributed by atoms with Gasteiger partial charge in [-0.05, 0) is 18.6 Å². The second-order valence-corrected chi connectivity index (χ2v) is 3.02. The number of anilines is 1. The van der Waals surface area contributed by atoms with Gasteiger partial charge in [0.1, 0.15) is 0 Å². The number of hydrogen-bond donors (Lipinski definition) is 2. The van der Waals surface area contributed by atoms with Crippen molar-refractivity contribution in [3.8, 4) is 5.75 Å². The molecule has 11 heavy (non-hydrogen) atoms. The molecule has 4 heteroatoms. The molecule has 0 saturated heterocycles. The van der Waals surface area contributed by atoms with E-state index in [1.807, 2.05) is 0 Å². The second kappa shape index (κ2) is 2.80. The van der Waals surface area contributed by atoms with Crippen molar-refractivity contribution in [3.63, 3.8) is 0 Å². The molecule has 1 aromatic rings. The molecule has 3 N–H and O–H groups in total. The van der Waals surface area contributed by atoms with E-state index < -0.39 is 0 Å². The van der Waals surface area contributed by atoms with E-state index >= 15 is 0 Å². The first-order valence-electron chi connectivity index (χ1n) is 2.97. The maximum atomic E-state index is 9.19. The standard InChI is InChI=1S/C7H7Cl2NO/c1-3-5(10)2-4(8)7(11)6(3)9/h2,11H,10H2,1H3. The minimum Gasteiger partial charge on any atom is -0.505 e. The van der Waals surface area contributed by atoms with Crippen LogP contribution in [0.25, 0.3) is 0 Å². The summed E-state index contributed by atoms with van der Waals surface area (Å²) >= 11 is 11.3. The Kier molecular flexibility index (Phi) is 2.16. The van der Waals surface area contributed by atoms with Gasteiger partial charge in [-0.3, -0.25) is 0 Å². The van der Waals surface area contributed by atoms with Gasteiger partial charge in [-0.25, -0.2) is 0 Å². The molecule has 60 valence electrons. The summed E-state index contributed by atoms with van der Waals surface area (Å²) in [6, 6.07) is 1.47. The lowest BCUT2D eigenvalue weighted by atomic mass is 10.2. The summed E-state index contributed by atoms with van der Waals surface area (Å²) in [4.78, 5) is 0. The van der Waals surface area contributed by atoms with E-state index in [-0.39, 0.29) is 15.8 Å². The molecule has 0 spiro atoms. The zero-order valence-corrected chi connectivity index (χ0v) is 7.37. The number of rotatable bonds is 0. The van der Waals surface area contributed by atoms with Gasteiger partial charge >= 0.3 is 0 Å². The predicted octanol–water partition coefficient (Wildman–Crippen LogP) is 2.59. The third kappa shape index (κ3) is 1.37. The highest BCUT2D eigenvalue weighted by Crippen LogP contribution is 2.37. The Balaban J connectivity index is 3.46. The fourth-order valence-corrected chi connectivity index (χ4v) is 1.19. The van der Waals surface area contributed by atoms with Crippen molar-refractivity contribution >= 4 is 28.9 Å². The predicted molar refractivity (Wildman–Crippen MR) is 47.3 cm³/mol. The summed E-state index contributed by atoms with van der Waals surface area (Å²) < 4.78 is 0.